The molecule has 0 saturated carbocycles. The van der Waals surface area contributed by atoms with Crippen molar-refractivity contribution in [3.8, 4) is 5.75 Å². The van der Waals surface area contributed by atoms with Crippen molar-refractivity contribution in [2.24, 2.45) is 5.41 Å². The van der Waals surface area contributed by atoms with E-state index in [1.54, 1.807) is 45.0 Å². The molecule has 1 amide bonds. The molecular formula is C24H31FN2O4S. The Balaban J connectivity index is 2.04. The Bertz CT molecular complexity index is 1120. The van der Waals surface area contributed by atoms with Gasteiger partial charge in [0, 0.05) is 29.5 Å². The highest BCUT2D eigenvalue weighted by Gasteiger charge is 2.49. The highest BCUT2D eigenvalue weighted by atomic mass is 32.2. The van der Waals surface area contributed by atoms with E-state index in [2.05, 4.69) is 5.32 Å². The Morgan fingerprint density at radius 1 is 1.19 bits per heavy atom. The van der Waals surface area contributed by atoms with Crippen molar-refractivity contribution in [2.75, 3.05) is 19.0 Å². The average Bonchev–Trinajstić information content (AvgIpc) is 3.02. The average molecular weight is 463 g/mol. The maximum Gasteiger partial charge on any atom is 0.245 e. The molecule has 0 bridgehead atoms. The van der Waals surface area contributed by atoms with Gasteiger partial charge >= 0.3 is 0 Å². The van der Waals surface area contributed by atoms with Gasteiger partial charge in [0.1, 0.15) is 16.5 Å². The minimum Gasteiger partial charge on any atom is -0.497 e. The van der Waals surface area contributed by atoms with Crippen LogP contribution >= 0.6 is 0 Å². The molecule has 6 nitrogen and oxygen atoms in total. The molecule has 8 heteroatoms. The number of rotatable bonds is 5. The number of hydrogen-bond acceptors (Lipinski definition) is 4. The number of hydrogen-bond donors (Lipinski definition) is 1. The van der Waals surface area contributed by atoms with Crippen molar-refractivity contribution < 1.29 is 22.3 Å². The van der Waals surface area contributed by atoms with Gasteiger partial charge < -0.3 is 10.1 Å². The van der Waals surface area contributed by atoms with Crippen LogP contribution in [-0.4, -0.2) is 37.8 Å². The first-order valence-electron chi connectivity index (χ1n) is 10.6. The number of ether oxygens (including phenoxy) is 1. The number of halogens is 1. The van der Waals surface area contributed by atoms with Crippen LogP contribution in [0, 0.1) is 11.2 Å². The Hall–Kier alpha value is -2.45. The topological polar surface area (TPSA) is 75.7 Å². The number of carbonyl (C=O) groups is 1. The van der Waals surface area contributed by atoms with Crippen LogP contribution in [-0.2, 0) is 14.8 Å². The van der Waals surface area contributed by atoms with Crippen molar-refractivity contribution in [3.63, 3.8) is 0 Å². The summed E-state index contributed by atoms with van der Waals surface area (Å²) < 4.78 is 48.8. The van der Waals surface area contributed by atoms with Gasteiger partial charge in [-0.25, -0.2) is 12.8 Å². The fourth-order valence-electron chi connectivity index (χ4n) is 4.17. The molecule has 0 radical (unpaired) electrons. The lowest BCUT2D eigenvalue weighted by Crippen LogP contribution is -2.45. The van der Waals surface area contributed by atoms with Crippen LogP contribution in [0.25, 0.3) is 0 Å². The zero-order valence-electron chi connectivity index (χ0n) is 19.4. The Labute approximate surface area is 189 Å². The minimum atomic E-state index is -4.01. The molecule has 174 valence electrons. The summed E-state index contributed by atoms with van der Waals surface area (Å²) in [4.78, 5) is 12.6. The van der Waals surface area contributed by atoms with E-state index in [0.29, 0.717) is 17.7 Å². The standard InChI is InChI=1S/C24H31FN2O4S/c1-23(2,3)22(28)26-20-15-16(31-6)11-12-21(20)32(29,30)27-14-13-18(24(27,4)5)17-9-7-8-10-19(17)25/h7-12,15,18H,13-14H2,1-6H3,(H,26,28). The van der Waals surface area contributed by atoms with E-state index in [1.807, 2.05) is 13.8 Å². The zero-order valence-corrected chi connectivity index (χ0v) is 20.2. The number of nitrogens with zero attached hydrogens (tertiary/aromatic N) is 1. The van der Waals surface area contributed by atoms with E-state index >= 15 is 0 Å². The first kappa shape index (κ1) is 24.2. The van der Waals surface area contributed by atoms with Crippen molar-refractivity contribution in [3.05, 3.63) is 53.8 Å². The summed E-state index contributed by atoms with van der Waals surface area (Å²) in [5.74, 6) is -0.526. The van der Waals surface area contributed by atoms with E-state index in [-0.39, 0.29) is 34.8 Å². The van der Waals surface area contributed by atoms with E-state index < -0.39 is 21.0 Å². The summed E-state index contributed by atoms with van der Waals surface area (Å²) in [6.45, 7) is 9.11. The van der Waals surface area contributed by atoms with Crippen LogP contribution < -0.4 is 10.1 Å². The number of anilines is 1. The Kier molecular flexibility index (Phi) is 6.41. The molecule has 2 aromatic carbocycles. The number of methoxy groups -OCH3 is 1. The van der Waals surface area contributed by atoms with E-state index in [4.69, 9.17) is 4.74 Å². The molecule has 1 aliphatic heterocycles. The summed E-state index contributed by atoms with van der Waals surface area (Å²) in [6.07, 6.45) is 0.493. The fourth-order valence-corrected chi connectivity index (χ4v) is 6.13. The molecule has 32 heavy (non-hydrogen) atoms. The molecule has 2 aromatic rings. The monoisotopic (exact) mass is 462 g/mol. The largest absolute Gasteiger partial charge is 0.497 e. The molecule has 1 aliphatic rings. The molecular weight excluding hydrogens is 431 g/mol. The van der Waals surface area contributed by atoms with Gasteiger partial charge in [-0.1, -0.05) is 39.0 Å². The van der Waals surface area contributed by atoms with Gasteiger partial charge in [0.25, 0.3) is 0 Å². The first-order valence-corrected chi connectivity index (χ1v) is 12.0. The molecule has 0 aliphatic carbocycles. The van der Waals surface area contributed by atoms with Gasteiger partial charge in [-0.05, 0) is 44.0 Å². The van der Waals surface area contributed by atoms with Gasteiger partial charge in [0.2, 0.25) is 15.9 Å². The lowest BCUT2D eigenvalue weighted by Gasteiger charge is -2.36. The molecule has 0 spiro atoms. The third-order valence-corrected chi connectivity index (χ3v) is 8.23. The zero-order chi connectivity index (χ0) is 23.9. The smallest absolute Gasteiger partial charge is 0.245 e. The van der Waals surface area contributed by atoms with Crippen LogP contribution in [0.4, 0.5) is 10.1 Å². The van der Waals surface area contributed by atoms with Crippen LogP contribution in [0.5, 0.6) is 5.75 Å². The second-order valence-corrected chi connectivity index (χ2v) is 11.5. The van der Waals surface area contributed by atoms with Crippen molar-refractivity contribution in [1.82, 2.24) is 4.31 Å². The number of sulfonamides is 1. The predicted octanol–water partition coefficient (Wildman–Crippen LogP) is 4.78. The van der Waals surface area contributed by atoms with Crippen LogP contribution in [0.3, 0.4) is 0 Å². The van der Waals surface area contributed by atoms with Crippen LogP contribution in [0.2, 0.25) is 0 Å². The third kappa shape index (κ3) is 4.38. The molecule has 3 rings (SSSR count). The summed E-state index contributed by atoms with van der Waals surface area (Å²) in [5.41, 5.74) is -0.917. The highest BCUT2D eigenvalue weighted by molar-refractivity contribution is 7.89. The molecule has 1 atom stereocenters. The molecule has 1 saturated heterocycles. The van der Waals surface area contributed by atoms with Crippen LogP contribution in [0.15, 0.2) is 47.4 Å². The van der Waals surface area contributed by atoms with Gasteiger partial charge in [0.15, 0.2) is 0 Å². The lowest BCUT2D eigenvalue weighted by molar-refractivity contribution is -0.123. The highest BCUT2D eigenvalue weighted by Crippen LogP contribution is 2.46. The molecule has 1 N–H and O–H groups in total. The number of carbonyl (C=O) groups excluding carboxylic acids is 1. The summed E-state index contributed by atoms with van der Waals surface area (Å²) in [5, 5.41) is 2.75. The molecule has 1 heterocycles. The second kappa shape index (κ2) is 8.48. The quantitative estimate of drug-likeness (QED) is 0.694. The van der Waals surface area contributed by atoms with Gasteiger partial charge in [-0.3, -0.25) is 4.79 Å². The Morgan fingerprint density at radius 2 is 1.84 bits per heavy atom. The number of amides is 1. The molecule has 0 aromatic heterocycles. The van der Waals surface area contributed by atoms with Crippen molar-refractivity contribution >= 4 is 21.6 Å². The third-order valence-electron chi connectivity index (χ3n) is 6.08. The van der Waals surface area contributed by atoms with Crippen molar-refractivity contribution in [1.29, 1.82) is 0 Å². The molecule has 1 fully saturated rings. The SMILES string of the molecule is COc1ccc(S(=O)(=O)N2CCC(c3ccccc3F)C2(C)C)c(NC(=O)C(C)(C)C)c1. The van der Waals surface area contributed by atoms with E-state index in [9.17, 15) is 17.6 Å². The van der Waals surface area contributed by atoms with E-state index in [0.717, 1.165) is 0 Å². The number of nitrogens with one attached hydrogen (secondary N) is 1. The van der Waals surface area contributed by atoms with Crippen LogP contribution in [0.1, 0.15) is 52.5 Å². The molecule has 1 unspecified atom stereocenters. The van der Waals surface area contributed by atoms with Crippen molar-refractivity contribution in [2.45, 2.75) is 57.4 Å². The maximum absolute atomic E-state index is 14.5. The van der Waals surface area contributed by atoms with Gasteiger partial charge in [-0.15, -0.1) is 0 Å². The predicted molar refractivity (Wildman–Crippen MR) is 123 cm³/mol. The van der Waals surface area contributed by atoms with E-state index in [1.165, 1.54) is 29.6 Å². The number of benzene rings is 2. The first-order chi connectivity index (χ1) is 14.8. The van der Waals surface area contributed by atoms with Gasteiger partial charge in [0.05, 0.1) is 12.8 Å². The maximum atomic E-state index is 14.5. The normalized spacial score (nSPS) is 19.0. The summed E-state index contributed by atoms with van der Waals surface area (Å²) >= 11 is 0. The minimum absolute atomic E-state index is 0.0156. The summed E-state index contributed by atoms with van der Waals surface area (Å²) in [7, 11) is -2.53. The summed E-state index contributed by atoms with van der Waals surface area (Å²) in [6, 6.07) is 11.0. The fraction of sp³-hybridized carbons (Fsp3) is 0.458. The second-order valence-electron chi connectivity index (χ2n) is 9.66. The van der Waals surface area contributed by atoms with Gasteiger partial charge in [-0.2, -0.15) is 4.31 Å². The Morgan fingerprint density at radius 3 is 2.44 bits per heavy atom. The lowest BCUT2D eigenvalue weighted by atomic mass is 9.83.